The Bertz CT molecular complexity index is 669. The molecule has 0 unspecified atom stereocenters. The average Bonchev–Trinajstić information content (AvgIpc) is 2.48. The Hall–Kier alpha value is -2.43. The van der Waals surface area contributed by atoms with Crippen molar-refractivity contribution in [1.29, 1.82) is 0 Å². The topological polar surface area (TPSA) is 35.5 Å². The number of methoxy groups -OCH3 is 1. The van der Waals surface area contributed by atoms with Crippen molar-refractivity contribution in [3.05, 3.63) is 64.7 Å². The maximum absolute atomic E-state index is 13.7. The van der Waals surface area contributed by atoms with Crippen LogP contribution in [0.2, 0.25) is 0 Å². The van der Waals surface area contributed by atoms with Crippen molar-refractivity contribution < 1.29 is 23.0 Å². The van der Waals surface area contributed by atoms with Crippen LogP contribution in [-0.2, 0) is 11.3 Å². The normalized spacial score (nSPS) is 10.3. The predicted octanol–water partition coefficient (Wildman–Crippen LogP) is 3.64. The summed E-state index contributed by atoms with van der Waals surface area (Å²) in [5.41, 5.74) is 0.809. The minimum atomic E-state index is -0.746. The van der Waals surface area contributed by atoms with E-state index in [9.17, 15) is 13.6 Å². The lowest BCUT2D eigenvalue weighted by atomic mass is 10.1. The second kappa shape index (κ2) is 6.35. The number of esters is 1. The van der Waals surface area contributed by atoms with Gasteiger partial charge < -0.3 is 9.47 Å². The lowest BCUT2D eigenvalue weighted by Gasteiger charge is -2.09. The van der Waals surface area contributed by atoms with Crippen molar-refractivity contribution >= 4 is 5.97 Å². The van der Waals surface area contributed by atoms with Crippen LogP contribution >= 0.6 is 0 Å². The molecule has 0 N–H and O–H groups in total. The number of halogens is 2. The van der Waals surface area contributed by atoms with Crippen LogP contribution in [0.1, 0.15) is 21.5 Å². The van der Waals surface area contributed by atoms with Gasteiger partial charge in [0.25, 0.3) is 0 Å². The second-order valence-corrected chi connectivity index (χ2v) is 4.48. The molecule has 0 aliphatic rings. The van der Waals surface area contributed by atoms with E-state index in [1.807, 2.05) is 0 Å². The largest absolute Gasteiger partial charge is 0.486 e. The highest BCUT2D eigenvalue weighted by Gasteiger charge is 2.13. The highest BCUT2D eigenvalue weighted by Crippen LogP contribution is 2.21. The Balaban J connectivity index is 2.12. The molecule has 0 bridgehead atoms. The summed E-state index contributed by atoms with van der Waals surface area (Å²) in [4.78, 5) is 11.3. The molecule has 0 amide bonds. The lowest BCUT2D eigenvalue weighted by molar-refractivity contribution is 0.0595. The van der Waals surface area contributed by atoms with E-state index in [1.54, 1.807) is 19.1 Å². The van der Waals surface area contributed by atoms with Crippen LogP contribution in [0.4, 0.5) is 8.78 Å². The lowest BCUT2D eigenvalue weighted by Crippen LogP contribution is -2.06. The second-order valence-electron chi connectivity index (χ2n) is 4.48. The third kappa shape index (κ3) is 3.37. The summed E-state index contributed by atoms with van der Waals surface area (Å²) in [6, 6.07) is 8.82. The fourth-order valence-electron chi connectivity index (χ4n) is 1.82. The molecule has 110 valence electrons. The molecule has 0 fully saturated rings. The van der Waals surface area contributed by atoms with Crippen molar-refractivity contribution in [1.82, 2.24) is 0 Å². The van der Waals surface area contributed by atoms with Crippen LogP contribution in [0.3, 0.4) is 0 Å². The molecule has 0 spiro atoms. The predicted molar refractivity (Wildman–Crippen MR) is 73.2 cm³/mol. The molecule has 0 radical (unpaired) electrons. The minimum Gasteiger partial charge on any atom is -0.486 e. The van der Waals surface area contributed by atoms with E-state index in [2.05, 4.69) is 4.74 Å². The zero-order valence-corrected chi connectivity index (χ0v) is 11.7. The summed E-state index contributed by atoms with van der Waals surface area (Å²) in [5, 5.41) is 0. The smallest absolute Gasteiger partial charge is 0.340 e. The highest BCUT2D eigenvalue weighted by atomic mass is 19.1. The van der Waals surface area contributed by atoms with Gasteiger partial charge in [-0.3, -0.25) is 0 Å². The number of carbonyl (C=O) groups is 1. The van der Waals surface area contributed by atoms with E-state index < -0.39 is 17.6 Å². The molecule has 0 heterocycles. The first-order valence-electron chi connectivity index (χ1n) is 6.27. The molecule has 2 aromatic rings. The SMILES string of the molecule is COC(=O)c1ccc(COc2cccc(C)c2F)cc1F. The molecule has 0 aromatic heterocycles. The molecule has 0 atom stereocenters. The Morgan fingerprint density at radius 3 is 2.62 bits per heavy atom. The molecule has 0 aliphatic carbocycles. The van der Waals surface area contributed by atoms with Gasteiger partial charge in [-0.15, -0.1) is 0 Å². The van der Waals surface area contributed by atoms with E-state index in [1.165, 1.54) is 31.4 Å². The fraction of sp³-hybridized carbons (Fsp3) is 0.188. The quantitative estimate of drug-likeness (QED) is 0.807. The van der Waals surface area contributed by atoms with Crippen LogP contribution < -0.4 is 4.74 Å². The zero-order valence-electron chi connectivity index (χ0n) is 11.7. The summed E-state index contributed by atoms with van der Waals surface area (Å²) in [6.45, 7) is 1.63. The maximum atomic E-state index is 13.7. The first-order chi connectivity index (χ1) is 10.0. The van der Waals surface area contributed by atoms with E-state index in [-0.39, 0.29) is 17.9 Å². The van der Waals surface area contributed by atoms with Gasteiger partial charge in [0, 0.05) is 0 Å². The number of ether oxygens (including phenoxy) is 2. The Labute approximate surface area is 121 Å². The van der Waals surface area contributed by atoms with Gasteiger partial charge in [0.2, 0.25) is 0 Å². The number of aryl methyl sites for hydroxylation is 1. The van der Waals surface area contributed by atoms with Gasteiger partial charge >= 0.3 is 5.97 Å². The van der Waals surface area contributed by atoms with Crippen molar-refractivity contribution in [3.63, 3.8) is 0 Å². The van der Waals surface area contributed by atoms with Crippen LogP contribution in [0.5, 0.6) is 5.75 Å². The van der Waals surface area contributed by atoms with Gasteiger partial charge in [-0.05, 0) is 36.2 Å². The van der Waals surface area contributed by atoms with Crippen molar-refractivity contribution in [2.75, 3.05) is 7.11 Å². The van der Waals surface area contributed by atoms with Crippen LogP contribution in [-0.4, -0.2) is 13.1 Å². The van der Waals surface area contributed by atoms with E-state index in [0.29, 0.717) is 11.1 Å². The van der Waals surface area contributed by atoms with E-state index in [4.69, 9.17) is 4.74 Å². The van der Waals surface area contributed by atoms with Gasteiger partial charge in [-0.1, -0.05) is 18.2 Å². The highest BCUT2D eigenvalue weighted by molar-refractivity contribution is 5.89. The summed E-state index contributed by atoms with van der Waals surface area (Å²) in [6.07, 6.45) is 0. The van der Waals surface area contributed by atoms with Crippen molar-refractivity contribution in [3.8, 4) is 5.75 Å². The maximum Gasteiger partial charge on any atom is 0.340 e. The third-order valence-electron chi connectivity index (χ3n) is 2.99. The molecule has 0 saturated heterocycles. The molecule has 21 heavy (non-hydrogen) atoms. The van der Waals surface area contributed by atoms with Gasteiger partial charge in [0.05, 0.1) is 12.7 Å². The Morgan fingerprint density at radius 1 is 1.19 bits per heavy atom. The molecule has 0 aliphatic heterocycles. The number of rotatable bonds is 4. The summed E-state index contributed by atoms with van der Waals surface area (Å²) >= 11 is 0. The molecule has 0 saturated carbocycles. The standard InChI is InChI=1S/C16H14F2O3/c1-10-4-3-5-14(15(10)18)21-9-11-6-7-12(13(17)8-11)16(19)20-2/h3-8H,9H2,1-2H3. The monoisotopic (exact) mass is 292 g/mol. The summed E-state index contributed by atoms with van der Waals surface area (Å²) in [7, 11) is 1.18. The first kappa shape index (κ1) is 15.0. The Kier molecular flexibility index (Phi) is 4.52. The average molecular weight is 292 g/mol. The van der Waals surface area contributed by atoms with Crippen LogP contribution in [0, 0.1) is 18.6 Å². The minimum absolute atomic E-state index is 0.00124. The number of carbonyl (C=O) groups excluding carboxylic acids is 1. The van der Waals surface area contributed by atoms with Gasteiger partial charge in [-0.25, -0.2) is 13.6 Å². The first-order valence-corrected chi connectivity index (χ1v) is 6.27. The summed E-state index contributed by atoms with van der Waals surface area (Å²) in [5.74, 6) is -1.78. The number of hydrogen-bond acceptors (Lipinski definition) is 3. The Morgan fingerprint density at radius 2 is 1.95 bits per heavy atom. The molecule has 3 nitrogen and oxygen atoms in total. The number of hydrogen-bond donors (Lipinski definition) is 0. The van der Waals surface area contributed by atoms with Crippen molar-refractivity contribution in [2.45, 2.75) is 13.5 Å². The third-order valence-corrected chi connectivity index (χ3v) is 2.99. The van der Waals surface area contributed by atoms with Gasteiger partial charge in [-0.2, -0.15) is 0 Å². The van der Waals surface area contributed by atoms with E-state index in [0.717, 1.165) is 0 Å². The van der Waals surface area contributed by atoms with Crippen LogP contribution in [0.25, 0.3) is 0 Å². The number of benzene rings is 2. The molecule has 2 rings (SSSR count). The van der Waals surface area contributed by atoms with E-state index >= 15 is 0 Å². The summed E-state index contributed by atoms with van der Waals surface area (Å²) < 4.78 is 37.2. The van der Waals surface area contributed by atoms with Gasteiger partial charge in [0.1, 0.15) is 12.4 Å². The molecular weight excluding hydrogens is 278 g/mol. The molecule has 5 heteroatoms. The van der Waals surface area contributed by atoms with Crippen molar-refractivity contribution in [2.24, 2.45) is 0 Å². The fourth-order valence-corrected chi connectivity index (χ4v) is 1.82. The zero-order chi connectivity index (χ0) is 15.4. The van der Waals surface area contributed by atoms with Crippen LogP contribution in [0.15, 0.2) is 36.4 Å². The molecular formula is C16H14F2O3. The van der Waals surface area contributed by atoms with Gasteiger partial charge in [0.15, 0.2) is 11.6 Å². The molecule has 2 aromatic carbocycles.